The topological polar surface area (TPSA) is 205 Å². The quantitative estimate of drug-likeness (QED) is 0.122. The van der Waals surface area contributed by atoms with E-state index < -0.39 is 93.8 Å². The highest BCUT2D eigenvalue weighted by Gasteiger charge is 2.69. The van der Waals surface area contributed by atoms with Crippen LogP contribution in [0.5, 0.6) is 5.75 Å². The average molecular weight is 585 g/mol. The number of amides is 1. The normalized spacial score (nSPS) is 28.8. The van der Waals surface area contributed by atoms with Gasteiger partial charge in [0.2, 0.25) is 5.78 Å². The fourth-order valence-corrected chi connectivity index (χ4v) is 6.86. The van der Waals surface area contributed by atoms with Gasteiger partial charge >= 0.3 is 5.97 Å². The summed E-state index contributed by atoms with van der Waals surface area (Å²) in [7, 11) is 2.89. The Morgan fingerprint density at radius 1 is 1.10 bits per heavy atom. The summed E-state index contributed by atoms with van der Waals surface area (Å²) in [5.41, 5.74) is 1.34. The third-order valence-electron chi connectivity index (χ3n) is 8.55. The van der Waals surface area contributed by atoms with Crippen molar-refractivity contribution in [3.63, 3.8) is 0 Å². The number of primary amides is 1. The molecule has 1 amide bonds. The molecule has 42 heavy (non-hydrogen) atoms. The Bertz CT molecular complexity index is 1430. The van der Waals surface area contributed by atoms with Crippen LogP contribution in [0.15, 0.2) is 35.1 Å². The molecule has 3 aliphatic carbocycles. The number of aliphatic hydroxyl groups excluding tert-OH is 2. The van der Waals surface area contributed by atoms with Crippen molar-refractivity contribution in [1.29, 1.82) is 0 Å². The third-order valence-corrected chi connectivity index (χ3v) is 8.55. The van der Waals surface area contributed by atoms with Crippen molar-refractivity contribution in [2.24, 2.45) is 17.6 Å². The molecule has 1 aromatic rings. The number of aliphatic hydroxyl groups is 3. The molecule has 4 rings (SSSR count). The zero-order valence-electron chi connectivity index (χ0n) is 23.9. The number of rotatable bonds is 9. The zero-order valence-corrected chi connectivity index (χ0v) is 23.9. The molecule has 6 atom stereocenters. The second kappa shape index (κ2) is 11.3. The van der Waals surface area contributed by atoms with Gasteiger partial charge in [-0.05, 0) is 45.0 Å². The number of nitrogens with zero attached hydrogens (tertiary/aromatic N) is 1. The number of ketones is 3. The second-order valence-electron chi connectivity index (χ2n) is 11.4. The Hall–Kier alpha value is -4.03. The van der Waals surface area contributed by atoms with Gasteiger partial charge in [0.15, 0.2) is 11.4 Å². The van der Waals surface area contributed by atoms with Crippen LogP contribution in [0.1, 0.15) is 63.0 Å². The predicted octanol–water partition coefficient (Wildman–Crippen LogP) is 1.59. The number of fused-ring (bicyclic) bond motifs is 3. The van der Waals surface area contributed by atoms with Crippen LogP contribution in [-0.2, 0) is 28.7 Å². The highest BCUT2D eigenvalue weighted by Crippen LogP contribution is 2.58. The van der Waals surface area contributed by atoms with E-state index in [-0.39, 0.29) is 11.3 Å². The number of benzene rings is 1. The highest BCUT2D eigenvalue weighted by molar-refractivity contribution is 6.24. The zero-order chi connectivity index (χ0) is 31.3. The fourth-order valence-electron chi connectivity index (χ4n) is 6.86. The van der Waals surface area contributed by atoms with Crippen molar-refractivity contribution in [2.45, 2.75) is 69.6 Å². The van der Waals surface area contributed by atoms with Crippen LogP contribution in [0, 0.1) is 11.8 Å². The molecule has 0 bridgehead atoms. The number of nitrogens with two attached hydrogens (primary N) is 1. The molecule has 0 unspecified atom stereocenters. The first-order valence-corrected chi connectivity index (χ1v) is 13.9. The van der Waals surface area contributed by atoms with E-state index in [2.05, 4.69) is 0 Å². The number of hydrogen-bond donors (Lipinski definition) is 5. The number of aromatic hydroxyl groups is 1. The molecule has 12 heteroatoms. The van der Waals surface area contributed by atoms with Crippen molar-refractivity contribution in [3.05, 3.63) is 46.2 Å². The van der Waals surface area contributed by atoms with Gasteiger partial charge < -0.3 is 30.9 Å². The van der Waals surface area contributed by atoms with Gasteiger partial charge in [-0.15, -0.1) is 0 Å². The van der Waals surface area contributed by atoms with Gasteiger partial charge in [0.25, 0.3) is 5.91 Å². The Morgan fingerprint density at radius 2 is 1.76 bits per heavy atom. The molecule has 3 aliphatic rings. The number of likely N-dealkylation sites (N-methyl/N-ethyl adjacent to an activating group) is 1. The Morgan fingerprint density at radius 3 is 2.33 bits per heavy atom. The molecule has 0 heterocycles. The third kappa shape index (κ3) is 4.68. The van der Waals surface area contributed by atoms with Gasteiger partial charge in [0.1, 0.15) is 41.1 Å². The van der Waals surface area contributed by atoms with Gasteiger partial charge in [0, 0.05) is 11.5 Å². The van der Waals surface area contributed by atoms with E-state index in [1.165, 1.54) is 32.0 Å². The fraction of sp³-hybridized carbons (Fsp3) is 0.500. The molecule has 226 valence electrons. The number of esters is 1. The minimum absolute atomic E-state index is 0.0518. The second-order valence-corrected chi connectivity index (χ2v) is 11.4. The van der Waals surface area contributed by atoms with Crippen LogP contribution in [0.4, 0.5) is 0 Å². The number of phenolic OH excluding ortho intramolecular Hbond substituents is 1. The monoisotopic (exact) mass is 584 g/mol. The summed E-state index contributed by atoms with van der Waals surface area (Å²) < 4.78 is 5.85. The van der Waals surface area contributed by atoms with Crippen LogP contribution < -0.4 is 5.73 Å². The van der Waals surface area contributed by atoms with Crippen molar-refractivity contribution >= 4 is 35.0 Å². The number of ether oxygens (including phenoxy) is 1. The molecule has 0 aliphatic heterocycles. The van der Waals surface area contributed by atoms with Crippen LogP contribution in [0.25, 0.3) is 5.76 Å². The molecular weight excluding hydrogens is 548 g/mol. The largest absolute Gasteiger partial charge is 0.508 e. The van der Waals surface area contributed by atoms with Crippen molar-refractivity contribution in [3.8, 4) is 5.75 Å². The van der Waals surface area contributed by atoms with Gasteiger partial charge in [0.05, 0.1) is 17.5 Å². The van der Waals surface area contributed by atoms with Crippen molar-refractivity contribution in [1.82, 2.24) is 4.90 Å². The Kier molecular flexibility index (Phi) is 8.34. The maximum Gasteiger partial charge on any atom is 0.313 e. The molecule has 1 fully saturated rings. The molecule has 1 saturated carbocycles. The number of carbonyl (C=O) groups is 5. The first-order chi connectivity index (χ1) is 19.7. The van der Waals surface area contributed by atoms with E-state index in [1.54, 1.807) is 12.1 Å². The lowest BCUT2D eigenvalue weighted by atomic mass is 9.53. The number of Topliss-reactive ketones (excluding diaryl/α,β-unsaturated/α-hetero) is 3. The van der Waals surface area contributed by atoms with Crippen LogP contribution >= 0.6 is 0 Å². The minimum Gasteiger partial charge on any atom is -0.508 e. The summed E-state index contributed by atoms with van der Waals surface area (Å²) in [6, 6.07) is 3.06. The summed E-state index contributed by atoms with van der Waals surface area (Å²) >= 11 is 0. The molecule has 6 N–H and O–H groups in total. The highest BCUT2D eigenvalue weighted by atomic mass is 16.5. The van der Waals surface area contributed by atoms with Gasteiger partial charge in [-0.25, -0.2) is 0 Å². The Balaban J connectivity index is 2.09. The maximum absolute atomic E-state index is 14.4. The van der Waals surface area contributed by atoms with Gasteiger partial charge in [-0.2, -0.15) is 0 Å². The lowest BCUT2D eigenvalue weighted by Gasteiger charge is -2.55. The lowest BCUT2D eigenvalue weighted by Crippen LogP contribution is -2.71. The number of hydrogen-bond acceptors (Lipinski definition) is 11. The molecular formula is C30H36N2O10. The van der Waals surface area contributed by atoms with Gasteiger partial charge in [-0.3, -0.25) is 28.9 Å². The first-order valence-electron chi connectivity index (χ1n) is 13.9. The molecule has 0 radical (unpaired) electrons. The summed E-state index contributed by atoms with van der Waals surface area (Å²) in [5, 5.41) is 45.6. The van der Waals surface area contributed by atoms with E-state index >= 15 is 0 Å². The summed E-state index contributed by atoms with van der Waals surface area (Å²) in [5.74, 6) is -11.0. The van der Waals surface area contributed by atoms with Crippen LogP contribution in [0.2, 0.25) is 0 Å². The lowest BCUT2D eigenvalue weighted by molar-refractivity contribution is -0.186. The van der Waals surface area contributed by atoms with Crippen LogP contribution in [0.3, 0.4) is 0 Å². The summed E-state index contributed by atoms with van der Waals surface area (Å²) in [6.45, 7) is 3.17. The van der Waals surface area contributed by atoms with Gasteiger partial charge in [-0.1, -0.05) is 38.3 Å². The molecule has 0 aromatic heterocycles. The predicted molar refractivity (Wildman–Crippen MR) is 148 cm³/mol. The first kappa shape index (κ1) is 30.9. The summed E-state index contributed by atoms with van der Waals surface area (Å²) in [4.78, 5) is 66.5. The van der Waals surface area contributed by atoms with Crippen LogP contribution in [-0.4, -0.2) is 86.4 Å². The maximum atomic E-state index is 14.4. The Labute approximate surface area is 242 Å². The van der Waals surface area contributed by atoms with E-state index in [9.17, 15) is 44.4 Å². The van der Waals surface area contributed by atoms with E-state index in [0.29, 0.717) is 18.4 Å². The number of phenols is 1. The van der Waals surface area contributed by atoms with E-state index in [4.69, 9.17) is 10.5 Å². The molecule has 0 spiro atoms. The van der Waals surface area contributed by atoms with E-state index in [0.717, 1.165) is 12.8 Å². The molecule has 1 aromatic carbocycles. The molecule has 12 nitrogen and oxygen atoms in total. The standard InChI is InChI=1S/C30H36N2O10/c1-5-6-7-9-15-14-10-8-11-16(34)18(14)24(36)20-19(15)26(42-17(35)12-13(2)33)22-23(32(3)4)25(37)21(29(31)40)28(39)30(22,41)27(20)38/h8,10-11,15,19,22-23,26,34,36,39,41H,5-7,9,12H2,1-4H3,(H2,31,40)/t15-,19+,22+,23-,26-,30-/m1/s1. The van der Waals surface area contributed by atoms with Crippen molar-refractivity contribution in [2.75, 3.05) is 14.1 Å². The smallest absolute Gasteiger partial charge is 0.313 e. The molecule has 0 saturated heterocycles. The summed E-state index contributed by atoms with van der Waals surface area (Å²) in [6.07, 6.45) is 0.489. The number of carbonyl (C=O) groups excluding carboxylic acids is 5. The minimum atomic E-state index is -3.04. The number of unbranched alkanes of at least 4 members (excludes halogenated alkanes) is 2. The van der Waals surface area contributed by atoms with E-state index in [1.807, 2.05) is 6.92 Å². The average Bonchev–Trinajstić information content (AvgIpc) is 2.88. The SMILES string of the molecule is CCCCC[C@@H]1c2cccc(O)c2C(O)=C2C(=O)[C@@]3(O)C(O)=C(C(N)=O)C(=O)[C@H](N(C)C)[C@H]3[C@H](OC(=O)CC(C)=O)[C@H]21. The van der Waals surface area contributed by atoms with Crippen molar-refractivity contribution < 1.29 is 49.1 Å².